The second kappa shape index (κ2) is 2.34. The van der Waals surface area contributed by atoms with Crippen LogP contribution in [0.1, 0.15) is 37.1 Å². The van der Waals surface area contributed by atoms with Crippen molar-refractivity contribution in [1.82, 2.24) is 0 Å². The molecule has 0 amide bonds. The van der Waals surface area contributed by atoms with Crippen LogP contribution in [0.15, 0.2) is 11.4 Å². The minimum Gasteiger partial charge on any atom is -0.149 e. The van der Waals surface area contributed by atoms with Gasteiger partial charge in [-0.15, -0.1) is 11.3 Å². The Labute approximate surface area is 72.3 Å². The Morgan fingerprint density at radius 1 is 1.45 bits per heavy atom. The summed E-state index contributed by atoms with van der Waals surface area (Å²) in [5.41, 5.74) is 2.06. The summed E-state index contributed by atoms with van der Waals surface area (Å²) >= 11 is 1.93. The largest absolute Gasteiger partial charge is 0.149 e. The maximum absolute atomic E-state index is 2.36. The molecule has 0 saturated heterocycles. The molecule has 0 bridgehead atoms. The lowest BCUT2D eigenvalue weighted by Crippen LogP contribution is -2.21. The van der Waals surface area contributed by atoms with Gasteiger partial charge < -0.3 is 0 Å². The molecule has 1 heterocycles. The van der Waals surface area contributed by atoms with Gasteiger partial charge in [0.2, 0.25) is 0 Å². The van der Waals surface area contributed by atoms with Crippen molar-refractivity contribution in [2.75, 3.05) is 0 Å². The van der Waals surface area contributed by atoms with Gasteiger partial charge in [-0.25, -0.2) is 0 Å². The molecule has 0 N–H and O–H groups in total. The van der Waals surface area contributed by atoms with Crippen LogP contribution >= 0.6 is 11.3 Å². The average Bonchev–Trinajstić information content (AvgIpc) is 2.34. The monoisotopic (exact) mass is 166 g/mol. The molecule has 0 aromatic carbocycles. The zero-order valence-corrected chi connectivity index (χ0v) is 8.00. The first-order valence-corrected chi connectivity index (χ1v) is 5.15. The highest BCUT2D eigenvalue weighted by Crippen LogP contribution is 2.38. The van der Waals surface area contributed by atoms with E-state index in [1.165, 1.54) is 19.3 Å². The van der Waals surface area contributed by atoms with E-state index in [1.807, 2.05) is 11.3 Å². The van der Waals surface area contributed by atoms with E-state index in [9.17, 15) is 0 Å². The lowest BCUT2D eigenvalue weighted by Gasteiger charge is -2.29. The number of hydrogen-bond donors (Lipinski definition) is 0. The molecule has 60 valence electrons. The first kappa shape index (κ1) is 7.35. The van der Waals surface area contributed by atoms with E-state index < -0.39 is 0 Å². The highest BCUT2D eigenvalue weighted by Gasteiger charge is 2.27. The van der Waals surface area contributed by atoms with E-state index >= 15 is 0 Å². The molecule has 1 heteroatoms. The number of rotatable bonds is 0. The van der Waals surface area contributed by atoms with Crippen molar-refractivity contribution in [2.24, 2.45) is 0 Å². The van der Waals surface area contributed by atoms with Gasteiger partial charge in [0.25, 0.3) is 0 Å². The van der Waals surface area contributed by atoms with Crippen LogP contribution in [0.3, 0.4) is 0 Å². The van der Waals surface area contributed by atoms with Gasteiger partial charge in [0.05, 0.1) is 0 Å². The van der Waals surface area contributed by atoms with Crippen molar-refractivity contribution in [3.8, 4) is 0 Å². The van der Waals surface area contributed by atoms with Gasteiger partial charge in [-0.1, -0.05) is 13.8 Å². The second-order valence-electron chi connectivity index (χ2n) is 3.99. The smallest absolute Gasteiger partial charge is 0.00826 e. The van der Waals surface area contributed by atoms with Gasteiger partial charge in [-0.3, -0.25) is 0 Å². The highest BCUT2D eigenvalue weighted by molar-refractivity contribution is 7.10. The third-order valence-electron chi connectivity index (χ3n) is 2.68. The predicted octanol–water partition coefficient (Wildman–Crippen LogP) is 3.36. The van der Waals surface area contributed by atoms with Crippen LogP contribution in [-0.2, 0) is 11.8 Å². The molecule has 0 aliphatic heterocycles. The summed E-state index contributed by atoms with van der Waals surface area (Å²) in [5.74, 6) is 0. The molecule has 11 heavy (non-hydrogen) atoms. The molecule has 1 aliphatic carbocycles. The molecule has 0 unspecified atom stereocenters. The summed E-state index contributed by atoms with van der Waals surface area (Å²) in [6.07, 6.45) is 4.05. The molecule has 0 nitrogen and oxygen atoms in total. The van der Waals surface area contributed by atoms with E-state index in [4.69, 9.17) is 0 Å². The molecule has 1 aromatic rings. The molecule has 1 aromatic heterocycles. The first-order chi connectivity index (χ1) is 5.20. The van der Waals surface area contributed by atoms with E-state index in [1.54, 1.807) is 10.4 Å². The van der Waals surface area contributed by atoms with E-state index in [-0.39, 0.29) is 0 Å². The van der Waals surface area contributed by atoms with Crippen molar-refractivity contribution in [2.45, 2.75) is 38.5 Å². The number of thiophene rings is 1. The summed E-state index contributed by atoms with van der Waals surface area (Å²) in [4.78, 5) is 1.63. The molecule has 1 aliphatic rings. The summed E-state index contributed by atoms with van der Waals surface area (Å²) in [6, 6.07) is 2.30. The second-order valence-corrected chi connectivity index (χ2v) is 5.00. The number of hydrogen-bond acceptors (Lipinski definition) is 1. The molecular formula is C10H14S. The predicted molar refractivity (Wildman–Crippen MR) is 50.3 cm³/mol. The van der Waals surface area contributed by atoms with Crippen LogP contribution in [0.4, 0.5) is 0 Å². The van der Waals surface area contributed by atoms with Gasteiger partial charge in [-0.2, -0.15) is 0 Å². The van der Waals surface area contributed by atoms with Crippen LogP contribution in [0.25, 0.3) is 0 Å². The maximum Gasteiger partial charge on any atom is 0.00826 e. The summed E-state index contributed by atoms with van der Waals surface area (Å²) in [6.45, 7) is 4.72. The Bertz CT molecular complexity index is 258. The zero-order valence-electron chi connectivity index (χ0n) is 7.18. The number of fused-ring (bicyclic) bond motifs is 1. The Kier molecular flexibility index (Phi) is 1.57. The van der Waals surface area contributed by atoms with Gasteiger partial charge in [0.1, 0.15) is 0 Å². The van der Waals surface area contributed by atoms with Crippen molar-refractivity contribution in [3.63, 3.8) is 0 Å². The molecule has 0 atom stereocenters. The van der Waals surface area contributed by atoms with Crippen LogP contribution in [0.5, 0.6) is 0 Å². The minimum atomic E-state index is 0.452. The standard InChI is InChI=1S/C10H14S/c1-10(2)6-3-4-9-8(10)5-7-11-9/h5,7H,3-4,6H2,1-2H3. The first-order valence-electron chi connectivity index (χ1n) is 4.27. The average molecular weight is 166 g/mol. The van der Waals surface area contributed by atoms with Crippen LogP contribution in [0, 0.1) is 0 Å². The van der Waals surface area contributed by atoms with Crippen LogP contribution in [0.2, 0.25) is 0 Å². The van der Waals surface area contributed by atoms with Crippen LogP contribution < -0.4 is 0 Å². The number of aryl methyl sites for hydroxylation is 1. The van der Waals surface area contributed by atoms with Gasteiger partial charge in [0.15, 0.2) is 0 Å². The molecule has 0 spiro atoms. The normalized spacial score (nSPS) is 21.3. The summed E-state index contributed by atoms with van der Waals surface area (Å²) < 4.78 is 0. The quantitative estimate of drug-likeness (QED) is 0.554. The molecule has 0 radical (unpaired) electrons. The molecule has 2 rings (SSSR count). The van der Waals surface area contributed by atoms with Crippen LogP contribution in [-0.4, -0.2) is 0 Å². The Hall–Kier alpha value is -0.300. The highest BCUT2D eigenvalue weighted by atomic mass is 32.1. The zero-order chi connectivity index (χ0) is 7.90. The van der Waals surface area contributed by atoms with Gasteiger partial charge in [-0.05, 0) is 41.7 Å². The topological polar surface area (TPSA) is 0 Å². The summed E-state index contributed by atoms with van der Waals surface area (Å²) in [7, 11) is 0. The van der Waals surface area contributed by atoms with Gasteiger partial charge in [0, 0.05) is 4.88 Å². The third-order valence-corrected chi connectivity index (χ3v) is 3.66. The molecule has 0 fully saturated rings. The lowest BCUT2D eigenvalue weighted by atomic mass is 9.76. The van der Waals surface area contributed by atoms with Crippen molar-refractivity contribution in [1.29, 1.82) is 0 Å². The minimum absolute atomic E-state index is 0.452. The van der Waals surface area contributed by atoms with Crippen molar-refractivity contribution < 1.29 is 0 Å². The van der Waals surface area contributed by atoms with Crippen molar-refractivity contribution >= 4 is 11.3 Å². The van der Waals surface area contributed by atoms with Crippen molar-refractivity contribution in [3.05, 3.63) is 21.9 Å². The lowest BCUT2D eigenvalue weighted by molar-refractivity contribution is 0.436. The van der Waals surface area contributed by atoms with E-state index in [0.717, 1.165) is 0 Å². The van der Waals surface area contributed by atoms with E-state index in [0.29, 0.717) is 5.41 Å². The molecule has 0 saturated carbocycles. The Morgan fingerprint density at radius 2 is 2.27 bits per heavy atom. The molecular weight excluding hydrogens is 152 g/mol. The fourth-order valence-corrected chi connectivity index (χ4v) is 3.06. The van der Waals surface area contributed by atoms with Gasteiger partial charge >= 0.3 is 0 Å². The third kappa shape index (κ3) is 1.12. The SMILES string of the molecule is CC1(C)CCCc2sccc21. The Morgan fingerprint density at radius 3 is 3.00 bits per heavy atom. The Balaban J connectivity index is 2.48. The summed E-state index contributed by atoms with van der Waals surface area (Å²) in [5, 5.41) is 2.23. The maximum atomic E-state index is 2.36. The fourth-order valence-electron chi connectivity index (χ4n) is 1.96. The van der Waals surface area contributed by atoms with E-state index in [2.05, 4.69) is 25.3 Å². The fraction of sp³-hybridized carbons (Fsp3) is 0.600.